The molecular weight excluding hydrogens is 464 g/mol. The molecular formula is C18H17F2N7O3S2. The Morgan fingerprint density at radius 2 is 2.03 bits per heavy atom. The quantitative estimate of drug-likeness (QED) is 0.566. The Hall–Kier alpha value is -2.73. The molecule has 0 spiro atoms. The van der Waals surface area contributed by atoms with Crippen LogP contribution in [0.5, 0.6) is 0 Å². The molecule has 2 aliphatic rings. The number of halogens is 2. The maximum Gasteiger partial charge on any atom is 0.291 e. The first kappa shape index (κ1) is 21.1. The third kappa shape index (κ3) is 3.71. The highest BCUT2D eigenvalue weighted by atomic mass is 32.2. The molecule has 3 aromatic heterocycles. The van der Waals surface area contributed by atoms with E-state index in [1.165, 1.54) is 16.7 Å². The topological polar surface area (TPSA) is 126 Å². The summed E-state index contributed by atoms with van der Waals surface area (Å²) < 4.78 is 61.7. The van der Waals surface area contributed by atoms with Gasteiger partial charge in [0.15, 0.2) is 15.8 Å². The van der Waals surface area contributed by atoms with Gasteiger partial charge >= 0.3 is 0 Å². The summed E-state index contributed by atoms with van der Waals surface area (Å²) >= 11 is 0.695. The van der Waals surface area contributed by atoms with Crippen molar-refractivity contribution in [2.75, 3.05) is 31.2 Å². The predicted octanol–water partition coefficient (Wildman–Crippen LogP) is 1.96. The number of nitrogens with zero attached hydrogens (tertiary/aromatic N) is 6. The van der Waals surface area contributed by atoms with E-state index >= 15 is 0 Å². The molecule has 1 saturated carbocycles. The number of rotatable bonds is 6. The van der Waals surface area contributed by atoms with Crippen LogP contribution >= 0.6 is 11.3 Å². The second-order valence-electron chi connectivity index (χ2n) is 7.54. The number of ether oxygens (including phenoxy) is 1. The Kier molecular flexibility index (Phi) is 5.08. The molecule has 0 radical (unpaired) electrons. The molecule has 1 aliphatic heterocycles. The molecule has 32 heavy (non-hydrogen) atoms. The van der Waals surface area contributed by atoms with Gasteiger partial charge in [-0.25, -0.2) is 22.2 Å². The van der Waals surface area contributed by atoms with Gasteiger partial charge in [0.05, 0.1) is 36.7 Å². The molecule has 2 fully saturated rings. The SMILES string of the molecule is N#CC1(NS(=O)(=O)c2cc(N3CCOCC3)c3cnc(-c4nnc(C(F)F)s4)n3c2)CC1. The Morgan fingerprint density at radius 3 is 2.66 bits per heavy atom. The summed E-state index contributed by atoms with van der Waals surface area (Å²) in [6.07, 6.45) is 1.03. The third-order valence-corrected chi connectivity index (χ3v) is 7.80. The summed E-state index contributed by atoms with van der Waals surface area (Å²) in [6.45, 7) is 2.05. The van der Waals surface area contributed by atoms with Crippen LogP contribution in [0.1, 0.15) is 24.3 Å². The smallest absolute Gasteiger partial charge is 0.291 e. The Morgan fingerprint density at radius 1 is 1.28 bits per heavy atom. The van der Waals surface area contributed by atoms with E-state index in [9.17, 15) is 22.5 Å². The van der Waals surface area contributed by atoms with Gasteiger partial charge < -0.3 is 9.64 Å². The molecule has 0 aromatic carbocycles. The molecule has 0 atom stereocenters. The van der Waals surface area contributed by atoms with Crippen molar-refractivity contribution in [3.05, 3.63) is 23.5 Å². The van der Waals surface area contributed by atoms with Crippen LogP contribution in [0.15, 0.2) is 23.4 Å². The zero-order chi connectivity index (χ0) is 22.5. The predicted molar refractivity (Wildman–Crippen MR) is 110 cm³/mol. The Labute approximate surface area is 185 Å². The largest absolute Gasteiger partial charge is 0.378 e. The second kappa shape index (κ2) is 7.69. The number of sulfonamides is 1. The standard InChI is InChI=1S/C18H17F2N7O3S2/c19-14(20)16-23-24-17(31-16)15-22-8-13-12(26-3-5-30-6-4-26)7-11(9-27(13)15)32(28,29)25-18(10-21)1-2-18/h7-9,14,25H,1-6H2. The molecule has 14 heteroatoms. The van der Waals surface area contributed by atoms with E-state index in [-0.39, 0.29) is 15.7 Å². The fourth-order valence-corrected chi connectivity index (χ4v) is 5.59. The maximum absolute atomic E-state index is 13.1. The van der Waals surface area contributed by atoms with E-state index < -0.39 is 27.0 Å². The van der Waals surface area contributed by atoms with Gasteiger partial charge in [0.1, 0.15) is 10.4 Å². The van der Waals surface area contributed by atoms with Crippen molar-refractivity contribution < 1.29 is 21.9 Å². The molecule has 3 aromatic rings. The van der Waals surface area contributed by atoms with Crippen LogP contribution in [-0.2, 0) is 14.8 Å². The van der Waals surface area contributed by atoms with Crippen LogP contribution in [0, 0.1) is 11.3 Å². The van der Waals surface area contributed by atoms with Gasteiger partial charge in [-0.3, -0.25) is 4.40 Å². The number of nitrogens with one attached hydrogen (secondary N) is 1. The number of pyridine rings is 1. The monoisotopic (exact) mass is 481 g/mol. The summed E-state index contributed by atoms with van der Waals surface area (Å²) in [5, 5.41) is 16.3. The van der Waals surface area contributed by atoms with Crippen molar-refractivity contribution in [1.82, 2.24) is 24.3 Å². The molecule has 168 valence electrons. The van der Waals surface area contributed by atoms with Gasteiger partial charge in [-0.05, 0) is 18.9 Å². The average molecular weight is 482 g/mol. The zero-order valence-corrected chi connectivity index (χ0v) is 18.2. The highest BCUT2D eigenvalue weighted by molar-refractivity contribution is 7.89. The van der Waals surface area contributed by atoms with Crippen molar-refractivity contribution >= 4 is 32.6 Å². The number of hydrogen-bond acceptors (Lipinski definition) is 9. The number of aromatic nitrogens is 4. The van der Waals surface area contributed by atoms with E-state index in [1.54, 1.807) is 6.20 Å². The third-order valence-electron chi connectivity index (χ3n) is 5.37. The summed E-state index contributed by atoms with van der Waals surface area (Å²) in [5.74, 6) is 0.206. The van der Waals surface area contributed by atoms with Crippen LogP contribution in [0.25, 0.3) is 16.3 Å². The van der Waals surface area contributed by atoms with Gasteiger partial charge in [-0.2, -0.15) is 9.98 Å². The first-order valence-corrected chi connectivity index (χ1v) is 12.0. The normalized spacial score (nSPS) is 18.2. The number of fused-ring (bicyclic) bond motifs is 1. The minimum absolute atomic E-state index is 0.0640. The van der Waals surface area contributed by atoms with Gasteiger partial charge in [-0.15, -0.1) is 10.2 Å². The number of alkyl halides is 2. The minimum atomic E-state index is -4.04. The van der Waals surface area contributed by atoms with Gasteiger partial charge in [0.2, 0.25) is 10.0 Å². The van der Waals surface area contributed by atoms with Crippen molar-refractivity contribution in [1.29, 1.82) is 5.26 Å². The van der Waals surface area contributed by atoms with E-state index in [0.717, 1.165) is 0 Å². The summed E-state index contributed by atoms with van der Waals surface area (Å²) in [5.41, 5.74) is 0.113. The van der Waals surface area contributed by atoms with E-state index in [0.29, 0.717) is 61.7 Å². The van der Waals surface area contributed by atoms with Crippen molar-refractivity contribution in [3.8, 4) is 16.9 Å². The average Bonchev–Trinajstić information content (AvgIpc) is 3.18. The lowest BCUT2D eigenvalue weighted by molar-refractivity contribution is 0.123. The molecule has 1 aliphatic carbocycles. The molecule has 4 heterocycles. The first-order valence-electron chi connectivity index (χ1n) is 9.73. The van der Waals surface area contributed by atoms with Crippen LogP contribution in [0.2, 0.25) is 0 Å². The van der Waals surface area contributed by atoms with Gasteiger partial charge in [-0.1, -0.05) is 11.3 Å². The maximum atomic E-state index is 13.1. The van der Waals surface area contributed by atoms with E-state index in [2.05, 4.69) is 19.9 Å². The fourth-order valence-electron chi connectivity index (χ4n) is 3.51. The zero-order valence-electron chi connectivity index (χ0n) is 16.5. The van der Waals surface area contributed by atoms with Gasteiger partial charge in [0, 0.05) is 19.3 Å². The molecule has 0 bridgehead atoms. The molecule has 10 nitrogen and oxygen atoms in total. The van der Waals surface area contributed by atoms with E-state index in [1.807, 2.05) is 11.0 Å². The highest BCUT2D eigenvalue weighted by Crippen LogP contribution is 2.37. The van der Waals surface area contributed by atoms with Crippen LogP contribution in [-0.4, -0.2) is 59.8 Å². The highest BCUT2D eigenvalue weighted by Gasteiger charge is 2.47. The lowest BCUT2D eigenvalue weighted by Crippen LogP contribution is -2.37. The van der Waals surface area contributed by atoms with Crippen LogP contribution in [0.4, 0.5) is 14.5 Å². The molecule has 5 rings (SSSR count). The lowest BCUT2D eigenvalue weighted by Gasteiger charge is -2.29. The number of morpholine rings is 1. The van der Waals surface area contributed by atoms with Crippen molar-refractivity contribution in [2.45, 2.75) is 29.7 Å². The summed E-state index contributed by atoms with van der Waals surface area (Å²) in [4.78, 5) is 6.23. The minimum Gasteiger partial charge on any atom is -0.378 e. The number of anilines is 1. The number of hydrogen-bond donors (Lipinski definition) is 1. The summed E-state index contributed by atoms with van der Waals surface area (Å²) in [6, 6.07) is 3.55. The van der Waals surface area contributed by atoms with E-state index in [4.69, 9.17) is 4.74 Å². The van der Waals surface area contributed by atoms with Gasteiger partial charge in [0.25, 0.3) is 6.43 Å². The Bertz CT molecular complexity index is 1320. The first-order chi connectivity index (χ1) is 15.3. The molecule has 0 amide bonds. The Balaban J connectivity index is 1.66. The second-order valence-corrected chi connectivity index (χ2v) is 10.2. The number of nitriles is 1. The molecule has 1 saturated heterocycles. The fraction of sp³-hybridized carbons (Fsp3) is 0.444. The molecule has 1 N–H and O–H groups in total. The van der Waals surface area contributed by atoms with Crippen molar-refractivity contribution in [2.24, 2.45) is 0 Å². The lowest BCUT2D eigenvalue weighted by atomic mass is 10.3. The van der Waals surface area contributed by atoms with Crippen LogP contribution < -0.4 is 9.62 Å². The number of imidazole rings is 1. The van der Waals surface area contributed by atoms with Crippen LogP contribution in [0.3, 0.4) is 0 Å². The summed E-state index contributed by atoms with van der Waals surface area (Å²) in [7, 11) is -4.04. The van der Waals surface area contributed by atoms with Crippen molar-refractivity contribution in [3.63, 3.8) is 0 Å². The molecule has 0 unspecified atom stereocenters.